The molecule has 0 spiro atoms. The molecule has 0 atom stereocenters. The van der Waals surface area contributed by atoms with E-state index in [1.165, 1.54) is 48.0 Å². The van der Waals surface area contributed by atoms with E-state index in [2.05, 4.69) is 220 Å². The minimum Gasteiger partial charge on any atom is -0.310 e. The zero-order chi connectivity index (χ0) is 37.8. The summed E-state index contributed by atoms with van der Waals surface area (Å²) in [6, 6.07) is 52.8. The first-order valence-electron chi connectivity index (χ1n) is 19.0. The van der Waals surface area contributed by atoms with Crippen LogP contribution in [0, 0.1) is 5.41 Å². The van der Waals surface area contributed by atoms with Crippen molar-refractivity contribution in [3.8, 4) is 22.3 Å². The first-order valence-corrected chi connectivity index (χ1v) is 19.8. The van der Waals surface area contributed by atoms with Crippen LogP contribution in [0.25, 0.3) is 48.0 Å². The van der Waals surface area contributed by atoms with E-state index in [0.717, 1.165) is 46.6 Å². The Bertz CT molecular complexity index is 2650. The quantitative estimate of drug-likeness (QED) is 0.165. The second-order valence-electron chi connectivity index (χ2n) is 14.9. The molecule has 8 rings (SSSR count). The Balaban J connectivity index is 1.16. The molecule has 0 aliphatic heterocycles. The molecule has 0 saturated carbocycles. The fourth-order valence-electron chi connectivity index (χ4n) is 7.22. The Labute approximate surface area is 329 Å². The lowest BCUT2D eigenvalue weighted by Crippen LogP contribution is -2.11. The molecule has 0 amide bonds. The number of nitrogens with zero attached hydrogens (tertiary/aromatic N) is 1. The average Bonchev–Trinajstić information content (AvgIpc) is 3.58. The van der Waals surface area contributed by atoms with Crippen molar-refractivity contribution in [2.75, 3.05) is 4.90 Å². The van der Waals surface area contributed by atoms with Crippen molar-refractivity contribution in [3.05, 3.63) is 218 Å². The number of benzene rings is 6. The highest BCUT2D eigenvalue weighted by molar-refractivity contribution is 7.25. The SMILES string of the molecule is C=C1/C=C\C=C/CC(C)(C)C(=C)/C=C(c2cccc(-c3ccc4sc5cc(N(c6ccccc6)c6cccc(-c7ccccc7)c6)ccc5c4c3)c2)\C=C/C1. The molecule has 0 unspecified atom stereocenters. The van der Waals surface area contributed by atoms with E-state index in [1.54, 1.807) is 0 Å². The summed E-state index contributed by atoms with van der Waals surface area (Å²) in [4.78, 5) is 2.36. The first-order chi connectivity index (χ1) is 26.8. The molecule has 0 N–H and O–H groups in total. The van der Waals surface area contributed by atoms with Crippen LogP contribution in [0.4, 0.5) is 17.1 Å². The zero-order valence-corrected chi connectivity index (χ0v) is 32.4. The lowest BCUT2D eigenvalue weighted by molar-refractivity contribution is 0.466. The molecule has 55 heavy (non-hydrogen) atoms. The highest BCUT2D eigenvalue weighted by Gasteiger charge is 2.20. The van der Waals surface area contributed by atoms with Gasteiger partial charge >= 0.3 is 0 Å². The number of allylic oxidation sites excluding steroid dienone is 10. The summed E-state index contributed by atoms with van der Waals surface area (Å²) >= 11 is 1.85. The van der Waals surface area contributed by atoms with Crippen LogP contribution in [-0.4, -0.2) is 0 Å². The van der Waals surface area contributed by atoms with Gasteiger partial charge in [-0.05, 0) is 112 Å². The van der Waals surface area contributed by atoms with Gasteiger partial charge in [-0.3, -0.25) is 0 Å². The Morgan fingerprint density at radius 1 is 0.527 bits per heavy atom. The molecule has 0 bridgehead atoms. The molecule has 1 aliphatic carbocycles. The van der Waals surface area contributed by atoms with Crippen molar-refractivity contribution in [1.29, 1.82) is 0 Å². The van der Waals surface area contributed by atoms with Gasteiger partial charge in [0, 0.05) is 37.2 Å². The molecule has 0 radical (unpaired) electrons. The molecule has 1 heterocycles. The van der Waals surface area contributed by atoms with Crippen molar-refractivity contribution >= 4 is 54.1 Å². The molecule has 7 aromatic rings. The normalized spacial score (nSPS) is 17.4. The second-order valence-corrected chi connectivity index (χ2v) is 16.0. The van der Waals surface area contributed by atoms with Crippen molar-refractivity contribution < 1.29 is 0 Å². The average molecular weight is 728 g/mol. The highest BCUT2D eigenvalue weighted by Crippen LogP contribution is 2.42. The fourth-order valence-corrected chi connectivity index (χ4v) is 8.34. The largest absolute Gasteiger partial charge is 0.310 e. The van der Waals surface area contributed by atoms with Crippen LogP contribution in [0.15, 0.2) is 212 Å². The molecule has 0 fully saturated rings. The van der Waals surface area contributed by atoms with Gasteiger partial charge < -0.3 is 4.90 Å². The van der Waals surface area contributed by atoms with Gasteiger partial charge in [0.15, 0.2) is 0 Å². The molecule has 1 nitrogen and oxygen atoms in total. The maximum absolute atomic E-state index is 4.53. The van der Waals surface area contributed by atoms with E-state index in [1.807, 2.05) is 11.3 Å². The standard InChI is InChI=1S/C53H45NS/c1-38-17-8-7-13-32-53(3,4)39(2)33-41(21-14-18-38)42-22-15-23-43(34-42)45-28-31-51-50(36-45)49-30-29-48(37-52(49)55-51)54(46-25-11-6-12-26-46)47-27-16-24-44(35-47)40-19-9-5-10-20-40/h5-17,19-31,33-37H,1-2,18,32H2,3-4H3/b13-7-,17-8-,21-14-,41-33+. The topological polar surface area (TPSA) is 3.24 Å². The van der Waals surface area contributed by atoms with Crippen molar-refractivity contribution in [2.24, 2.45) is 5.41 Å². The Kier molecular flexibility index (Phi) is 10.2. The van der Waals surface area contributed by atoms with Gasteiger partial charge in [-0.1, -0.05) is 166 Å². The van der Waals surface area contributed by atoms with E-state index < -0.39 is 0 Å². The third-order valence-electron chi connectivity index (χ3n) is 10.6. The molecule has 0 saturated heterocycles. The van der Waals surface area contributed by atoms with Crippen LogP contribution in [0.3, 0.4) is 0 Å². The molecule has 268 valence electrons. The zero-order valence-electron chi connectivity index (χ0n) is 31.6. The number of thiophene rings is 1. The summed E-state index contributed by atoms with van der Waals surface area (Å²) in [7, 11) is 0. The van der Waals surface area contributed by atoms with Crippen LogP contribution >= 0.6 is 11.3 Å². The van der Waals surface area contributed by atoms with Crippen molar-refractivity contribution in [2.45, 2.75) is 26.7 Å². The Morgan fingerprint density at radius 2 is 1.20 bits per heavy atom. The predicted octanol–water partition coefficient (Wildman–Crippen LogP) is 15.8. The van der Waals surface area contributed by atoms with Gasteiger partial charge in [0.2, 0.25) is 0 Å². The maximum atomic E-state index is 4.53. The summed E-state index contributed by atoms with van der Waals surface area (Å²) in [5.41, 5.74) is 12.7. The summed E-state index contributed by atoms with van der Waals surface area (Å²) in [5.74, 6) is 0. The molecular formula is C53H45NS. The maximum Gasteiger partial charge on any atom is 0.0476 e. The number of para-hydroxylation sites is 1. The molecule has 2 heteroatoms. The van der Waals surface area contributed by atoms with Crippen molar-refractivity contribution in [1.82, 2.24) is 0 Å². The minimum atomic E-state index is -0.0681. The summed E-state index contributed by atoms with van der Waals surface area (Å²) in [6.07, 6.45) is 16.9. The van der Waals surface area contributed by atoms with Crippen LogP contribution in [0.1, 0.15) is 32.3 Å². The number of hydrogen-bond acceptors (Lipinski definition) is 2. The summed E-state index contributed by atoms with van der Waals surface area (Å²) in [5, 5.41) is 2.55. The minimum absolute atomic E-state index is 0.0681. The first kappa shape index (κ1) is 35.8. The third kappa shape index (κ3) is 7.87. The van der Waals surface area contributed by atoms with Crippen LogP contribution in [0.5, 0.6) is 0 Å². The van der Waals surface area contributed by atoms with E-state index in [4.69, 9.17) is 0 Å². The van der Waals surface area contributed by atoms with Gasteiger partial charge in [0.25, 0.3) is 0 Å². The second kappa shape index (κ2) is 15.6. The highest BCUT2D eigenvalue weighted by atomic mass is 32.1. The Morgan fingerprint density at radius 3 is 2.02 bits per heavy atom. The van der Waals surface area contributed by atoms with E-state index >= 15 is 0 Å². The van der Waals surface area contributed by atoms with E-state index in [0.29, 0.717) is 0 Å². The van der Waals surface area contributed by atoms with Gasteiger partial charge in [-0.2, -0.15) is 0 Å². The molecule has 1 aromatic heterocycles. The van der Waals surface area contributed by atoms with E-state index in [9.17, 15) is 0 Å². The van der Waals surface area contributed by atoms with Crippen molar-refractivity contribution in [3.63, 3.8) is 0 Å². The third-order valence-corrected chi connectivity index (χ3v) is 11.7. The number of anilines is 3. The number of hydrogen-bond donors (Lipinski definition) is 0. The lowest BCUT2D eigenvalue weighted by atomic mass is 9.80. The van der Waals surface area contributed by atoms with E-state index in [-0.39, 0.29) is 5.41 Å². The van der Waals surface area contributed by atoms with Gasteiger partial charge in [0.05, 0.1) is 0 Å². The van der Waals surface area contributed by atoms with Gasteiger partial charge in [-0.15, -0.1) is 11.3 Å². The van der Waals surface area contributed by atoms with Gasteiger partial charge in [-0.25, -0.2) is 0 Å². The summed E-state index contributed by atoms with van der Waals surface area (Å²) < 4.78 is 2.55. The lowest BCUT2D eigenvalue weighted by Gasteiger charge is -2.26. The molecular weight excluding hydrogens is 683 g/mol. The summed E-state index contributed by atoms with van der Waals surface area (Å²) in [6.45, 7) is 13.3. The van der Waals surface area contributed by atoms with Crippen LogP contribution in [0.2, 0.25) is 0 Å². The molecule has 6 aromatic carbocycles. The van der Waals surface area contributed by atoms with Crippen LogP contribution in [-0.2, 0) is 0 Å². The predicted molar refractivity (Wildman–Crippen MR) is 242 cm³/mol. The molecule has 1 aliphatic rings. The van der Waals surface area contributed by atoms with Gasteiger partial charge in [0.1, 0.15) is 0 Å². The van der Waals surface area contributed by atoms with Crippen LogP contribution < -0.4 is 4.90 Å². The Hall–Kier alpha value is -6.22. The number of fused-ring (bicyclic) bond motifs is 3. The fraction of sp³-hybridized carbons (Fsp3) is 0.0943. The monoisotopic (exact) mass is 727 g/mol. The number of rotatable bonds is 6. The smallest absolute Gasteiger partial charge is 0.0476 e.